The highest BCUT2D eigenvalue weighted by Gasteiger charge is 2.20. The Bertz CT molecular complexity index is 1190. The zero-order chi connectivity index (χ0) is 20.4. The SMILES string of the molecule is O=C(Nc1nc(-c2cccs2)c(-c2ccccc2)s1)c1ccc(Cl)c([N+](=O)[O-])c1. The summed E-state index contributed by atoms with van der Waals surface area (Å²) >= 11 is 8.74. The van der Waals surface area contributed by atoms with Gasteiger partial charge < -0.3 is 0 Å². The fourth-order valence-corrected chi connectivity index (χ4v) is 4.65. The largest absolute Gasteiger partial charge is 0.298 e. The van der Waals surface area contributed by atoms with Gasteiger partial charge in [0.05, 0.1) is 14.7 Å². The number of halogens is 1. The number of thiophene rings is 1. The molecular weight excluding hydrogens is 430 g/mol. The topological polar surface area (TPSA) is 85.1 Å². The molecule has 0 fully saturated rings. The van der Waals surface area contributed by atoms with E-state index in [0.29, 0.717) is 5.13 Å². The Labute approximate surface area is 178 Å². The van der Waals surface area contributed by atoms with Crippen LogP contribution in [-0.2, 0) is 0 Å². The number of amides is 1. The molecule has 2 aromatic heterocycles. The van der Waals surface area contributed by atoms with E-state index in [1.54, 1.807) is 11.3 Å². The van der Waals surface area contributed by atoms with Crippen LogP contribution < -0.4 is 5.32 Å². The second kappa shape index (κ2) is 8.12. The summed E-state index contributed by atoms with van der Waals surface area (Å²) in [6, 6.07) is 17.6. The molecule has 29 heavy (non-hydrogen) atoms. The van der Waals surface area contributed by atoms with Gasteiger partial charge in [-0.2, -0.15) is 0 Å². The molecule has 2 heterocycles. The molecule has 4 aromatic rings. The first kappa shape index (κ1) is 19.3. The van der Waals surface area contributed by atoms with E-state index in [9.17, 15) is 14.9 Å². The number of carbonyl (C=O) groups excluding carboxylic acids is 1. The van der Waals surface area contributed by atoms with Crippen molar-refractivity contribution in [2.75, 3.05) is 5.32 Å². The van der Waals surface area contributed by atoms with Crippen molar-refractivity contribution in [2.24, 2.45) is 0 Å². The van der Waals surface area contributed by atoms with E-state index in [0.717, 1.165) is 27.1 Å². The number of anilines is 1. The Morgan fingerprint density at radius 1 is 1.10 bits per heavy atom. The number of nitrogens with zero attached hydrogens (tertiary/aromatic N) is 2. The number of nitro benzene ring substituents is 1. The molecule has 0 aliphatic heterocycles. The van der Waals surface area contributed by atoms with Gasteiger partial charge in [-0.15, -0.1) is 11.3 Å². The third kappa shape index (κ3) is 4.04. The molecule has 1 amide bonds. The number of thiazole rings is 1. The van der Waals surface area contributed by atoms with Crippen LogP contribution in [0.25, 0.3) is 21.0 Å². The molecule has 4 rings (SSSR count). The standard InChI is InChI=1S/C20H12ClN3O3S2/c21-14-9-8-13(11-15(14)24(26)27)19(25)23-20-22-17(16-7-4-10-28-16)18(29-20)12-5-2-1-3-6-12/h1-11H,(H,22,23,25). The average Bonchev–Trinajstić information content (AvgIpc) is 3.38. The molecule has 6 nitrogen and oxygen atoms in total. The average molecular weight is 442 g/mol. The van der Waals surface area contributed by atoms with Crippen LogP contribution in [-0.4, -0.2) is 15.8 Å². The second-order valence-corrected chi connectivity index (χ2v) is 8.27. The molecule has 0 bridgehead atoms. The predicted octanol–water partition coefficient (Wildman–Crippen LogP) is 6.35. The van der Waals surface area contributed by atoms with Crippen LogP contribution in [0.3, 0.4) is 0 Å². The molecule has 0 spiro atoms. The van der Waals surface area contributed by atoms with E-state index >= 15 is 0 Å². The number of aromatic nitrogens is 1. The maximum atomic E-state index is 12.6. The molecule has 2 aromatic carbocycles. The van der Waals surface area contributed by atoms with Gasteiger partial charge in [0.15, 0.2) is 5.13 Å². The first-order chi connectivity index (χ1) is 14.0. The highest BCUT2D eigenvalue weighted by molar-refractivity contribution is 7.20. The maximum absolute atomic E-state index is 12.6. The van der Waals surface area contributed by atoms with Gasteiger partial charge in [0.1, 0.15) is 10.7 Å². The zero-order valence-corrected chi connectivity index (χ0v) is 17.1. The van der Waals surface area contributed by atoms with Crippen molar-refractivity contribution in [3.05, 3.63) is 86.7 Å². The van der Waals surface area contributed by atoms with E-state index in [2.05, 4.69) is 10.3 Å². The number of hydrogen-bond donors (Lipinski definition) is 1. The fraction of sp³-hybridized carbons (Fsp3) is 0. The molecule has 9 heteroatoms. The first-order valence-electron chi connectivity index (χ1n) is 8.38. The third-order valence-corrected chi connectivity index (χ3v) is 6.26. The van der Waals surface area contributed by atoms with Crippen LogP contribution in [0.4, 0.5) is 10.8 Å². The molecule has 0 radical (unpaired) electrons. The summed E-state index contributed by atoms with van der Waals surface area (Å²) in [6.07, 6.45) is 0. The number of carbonyl (C=O) groups is 1. The maximum Gasteiger partial charge on any atom is 0.288 e. The molecular formula is C20H12ClN3O3S2. The lowest BCUT2D eigenvalue weighted by Crippen LogP contribution is -2.12. The number of benzene rings is 2. The van der Waals surface area contributed by atoms with Crippen molar-refractivity contribution in [3.63, 3.8) is 0 Å². The van der Waals surface area contributed by atoms with Crippen molar-refractivity contribution >= 4 is 51.0 Å². The number of hydrogen-bond acceptors (Lipinski definition) is 6. The Kier molecular flexibility index (Phi) is 5.39. The summed E-state index contributed by atoms with van der Waals surface area (Å²) in [6.45, 7) is 0. The third-order valence-electron chi connectivity index (χ3n) is 4.04. The molecule has 1 N–H and O–H groups in total. The smallest absolute Gasteiger partial charge is 0.288 e. The van der Waals surface area contributed by atoms with Crippen LogP contribution in [0, 0.1) is 10.1 Å². The van der Waals surface area contributed by atoms with Gasteiger partial charge in [-0.1, -0.05) is 59.3 Å². The number of nitro groups is 1. The Morgan fingerprint density at radius 2 is 1.90 bits per heavy atom. The fourth-order valence-electron chi connectivity index (χ4n) is 2.70. The van der Waals surface area contributed by atoms with Crippen molar-refractivity contribution in [2.45, 2.75) is 0 Å². The van der Waals surface area contributed by atoms with Gasteiger partial charge in [0.2, 0.25) is 0 Å². The van der Waals surface area contributed by atoms with Crippen LogP contribution in [0.1, 0.15) is 10.4 Å². The molecule has 0 saturated heterocycles. The summed E-state index contributed by atoms with van der Waals surface area (Å²) < 4.78 is 0. The summed E-state index contributed by atoms with van der Waals surface area (Å²) in [5.41, 5.74) is 1.60. The van der Waals surface area contributed by atoms with Gasteiger partial charge >= 0.3 is 0 Å². The highest BCUT2D eigenvalue weighted by atomic mass is 35.5. The normalized spacial score (nSPS) is 10.7. The van der Waals surface area contributed by atoms with E-state index < -0.39 is 10.8 Å². The van der Waals surface area contributed by atoms with Gasteiger partial charge in [0, 0.05) is 11.6 Å². The molecule has 0 saturated carbocycles. The summed E-state index contributed by atoms with van der Waals surface area (Å²) in [5, 5.41) is 16.2. The van der Waals surface area contributed by atoms with E-state index in [-0.39, 0.29) is 16.3 Å². The minimum atomic E-state index is -0.620. The van der Waals surface area contributed by atoms with Gasteiger partial charge in [-0.3, -0.25) is 20.2 Å². The first-order valence-corrected chi connectivity index (χ1v) is 10.5. The molecule has 0 aliphatic carbocycles. The van der Waals surface area contributed by atoms with Gasteiger partial charge in [0.25, 0.3) is 11.6 Å². The summed E-state index contributed by atoms with van der Waals surface area (Å²) in [4.78, 5) is 29.6. The Morgan fingerprint density at radius 3 is 2.59 bits per heavy atom. The summed E-state index contributed by atoms with van der Waals surface area (Å²) in [5.74, 6) is -0.490. The lowest BCUT2D eigenvalue weighted by Gasteiger charge is -2.02. The molecule has 0 atom stereocenters. The Hall–Kier alpha value is -3.07. The van der Waals surface area contributed by atoms with E-state index in [4.69, 9.17) is 11.6 Å². The van der Waals surface area contributed by atoms with Crippen LogP contribution in [0.2, 0.25) is 5.02 Å². The van der Waals surface area contributed by atoms with Crippen molar-refractivity contribution in [1.82, 2.24) is 4.98 Å². The minimum absolute atomic E-state index is 0.0212. The number of nitrogens with one attached hydrogen (secondary N) is 1. The quantitative estimate of drug-likeness (QED) is 0.288. The minimum Gasteiger partial charge on any atom is -0.298 e. The lowest BCUT2D eigenvalue weighted by atomic mass is 10.1. The highest BCUT2D eigenvalue weighted by Crippen LogP contribution is 2.40. The van der Waals surface area contributed by atoms with Gasteiger partial charge in [-0.25, -0.2) is 4.98 Å². The van der Waals surface area contributed by atoms with Crippen molar-refractivity contribution in [1.29, 1.82) is 0 Å². The van der Waals surface area contributed by atoms with Crippen LogP contribution in [0.5, 0.6) is 0 Å². The van der Waals surface area contributed by atoms with Crippen LogP contribution in [0.15, 0.2) is 66.0 Å². The zero-order valence-electron chi connectivity index (χ0n) is 14.7. The Balaban J connectivity index is 1.69. The monoisotopic (exact) mass is 441 g/mol. The molecule has 0 unspecified atom stereocenters. The number of rotatable bonds is 5. The van der Waals surface area contributed by atoms with Crippen molar-refractivity contribution in [3.8, 4) is 21.0 Å². The van der Waals surface area contributed by atoms with Crippen molar-refractivity contribution < 1.29 is 9.72 Å². The van der Waals surface area contributed by atoms with Gasteiger partial charge in [-0.05, 0) is 29.1 Å². The second-order valence-electron chi connectivity index (χ2n) is 5.92. The molecule has 0 aliphatic rings. The summed E-state index contributed by atoms with van der Waals surface area (Å²) in [7, 11) is 0. The predicted molar refractivity (Wildman–Crippen MR) is 117 cm³/mol. The van der Waals surface area contributed by atoms with E-state index in [1.807, 2.05) is 47.8 Å². The lowest BCUT2D eigenvalue weighted by molar-refractivity contribution is -0.384. The van der Waals surface area contributed by atoms with E-state index in [1.165, 1.54) is 23.5 Å². The van der Waals surface area contributed by atoms with Crippen LogP contribution >= 0.6 is 34.3 Å². The molecule has 144 valence electrons.